The maximum atomic E-state index is 12.3. The molecule has 7 heteroatoms. The van der Waals surface area contributed by atoms with Crippen LogP contribution in [-0.2, 0) is 14.8 Å². The van der Waals surface area contributed by atoms with Gasteiger partial charge in [-0.2, -0.15) is 4.31 Å². The minimum Gasteiger partial charge on any atom is -0.339 e. The number of carbonyl (C=O) groups excluding carboxylic acids is 1. The molecule has 1 fully saturated rings. The Hall–Kier alpha value is -0.660. The van der Waals surface area contributed by atoms with Crippen molar-refractivity contribution < 1.29 is 13.2 Å². The number of hydrogen-bond donors (Lipinski definition) is 0. The van der Waals surface area contributed by atoms with Crippen molar-refractivity contribution in [2.75, 3.05) is 52.1 Å². The molecule has 0 aromatic heterocycles. The lowest BCUT2D eigenvalue weighted by atomic mass is 10.1. The minimum absolute atomic E-state index is 0.0301. The Kier molecular flexibility index (Phi) is 7.09. The summed E-state index contributed by atoms with van der Waals surface area (Å²) in [6.45, 7) is 10.7. The van der Waals surface area contributed by atoms with Crippen molar-refractivity contribution in [1.29, 1.82) is 0 Å². The van der Waals surface area contributed by atoms with Gasteiger partial charge in [-0.25, -0.2) is 8.42 Å². The van der Waals surface area contributed by atoms with Crippen molar-refractivity contribution >= 4 is 15.9 Å². The number of rotatable bonds is 7. The van der Waals surface area contributed by atoms with Gasteiger partial charge in [0.05, 0.1) is 12.8 Å². The van der Waals surface area contributed by atoms with Gasteiger partial charge in [0, 0.05) is 32.7 Å². The van der Waals surface area contributed by atoms with Crippen LogP contribution in [0.25, 0.3) is 0 Å². The second-order valence-corrected chi connectivity index (χ2v) is 8.08. The molecule has 1 heterocycles. The van der Waals surface area contributed by atoms with Gasteiger partial charge in [0.1, 0.15) is 0 Å². The Balaban J connectivity index is 2.56. The van der Waals surface area contributed by atoms with Gasteiger partial charge in [-0.15, -0.1) is 0 Å². The van der Waals surface area contributed by atoms with Crippen molar-refractivity contribution in [3.8, 4) is 0 Å². The zero-order valence-corrected chi connectivity index (χ0v) is 14.5. The second kappa shape index (κ2) is 8.10. The monoisotopic (exact) mass is 319 g/mol. The molecule has 0 unspecified atom stereocenters. The van der Waals surface area contributed by atoms with Gasteiger partial charge in [0.25, 0.3) is 0 Å². The molecule has 0 bridgehead atoms. The van der Waals surface area contributed by atoms with Gasteiger partial charge in [0.2, 0.25) is 15.9 Å². The predicted octanol–water partition coefficient (Wildman–Crippen LogP) is 0.458. The Morgan fingerprint density at radius 1 is 1.19 bits per heavy atom. The summed E-state index contributed by atoms with van der Waals surface area (Å²) < 4.78 is 24.9. The maximum Gasteiger partial charge on any atom is 0.237 e. The fraction of sp³-hybridized carbons (Fsp3) is 0.929. The van der Waals surface area contributed by atoms with Gasteiger partial charge in [0.15, 0.2) is 0 Å². The molecule has 0 aromatic rings. The van der Waals surface area contributed by atoms with Crippen LogP contribution in [0.3, 0.4) is 0 Å². The molecule has 1 aliphatic heterocycles. The zero-order chi connectivity index (χ0) is 16.0. The first-order chi connectivity index (χ1) is 9.74. The fourth-order valence-corrected chi connectivity index (χ4v) is 3.11. The largest absolute Gasteiger partial charge is 0.339 e. The van der Waals surface area contributed by atoms with E-state index < -0.39 is 10.0 Å². The molecule has 1 aliphatic rings. The van der Waals surface area contributed by atoms with Gasteiger partial charge in [-0.3, -0.25) is 4.79 Å². The number of carbonyl (C=O) groups is 1. The third kappa shape index (κ3) is 6.32. The molecule has 0 aromatic carbocycles. The average Bonchev–Trinajstić information content (AvgIpc) is 2.41. The summed E-state index contributed by atoms with van der Waals surface area (Å²) in [6.07, 6.45) is 1.94. The van der Waals surface area contributed by atoms with Crippen LogP contribution < -0.4 is 0 Å². The summed E-state index contributed by atoms with van der Waals surface area (Å²) in [5.74, 6) is 0.331. The standard InChI is InChI=1S/C14H29N3O3S/c1-5-15-8-10-16(11-9-15)14(18)12-17(21(4,19)20)7-6-13(2)3/h13H,5-12H2,1-4H3. The van der Waals surface area contributed by atoms with Gasteiger partial charge < -0.3 is 9.80 Å². The Bertz CT molecular complexity index is 429. The van der Waals surface area contributed by atoms with Crippen molar-refractivity contribution in [3.63, 3.8) is 0 Å². The normalized spacial score (nSPS) is 17.7. The quantitative estimate of drug-likeness (QED) is 0.684. The number of hydrogen-bond acceptors (Lipinski definition) is 4. The van der Waals surface area contributed by atoms with E-state index in [0.717, 1.165) is 26.1 Å². The topological polar surface area (TPSA) is 60.9 Å². The van der Waals surface area contributed by atoms with E-state index in [2.05, 4.69) is 11.8 Å². The van der Waals surface area contributed by atoms with Crippen molar-refractivity contribution in [2.24, 2.45) is 5.92 Å². The maximum absolute atomic E-state index is 12.3. The van der Waals surface area contributed by atoms with Crippen molar-refractivity contribution in [3.05, 3.63) is 0 Å². The SMILES string of the molecule is CCN1CCN(C(=O)CN(CCC(C)C)S(C)(=O)=O)CC1. The Labute approximate surface area is 129 Å². The molecule has 1 saturated heterocycles. The highest BCUT2D eigenvalue weighted by atomic mass is 32.2. The Morgan fingerprint density at radius 2 is 1.76 bits per heavy atom. The number of piperazine rings is 1. The second-order valence-electron chi connectivity index (χ2n) is 6.09. The number of likely N-dealkylation sites (N-methyl/N-ethyl adjacent to an activating group) is 1. The van der Waals surface area contributed by atoms with E-state index in [1.165, 1.54) is 10.6 Å². The third-order valence-corrected chi connectivity index (χ3v) is 5.16. The van der Waals surface area contributed by atoms with Crippen LogP contribution in [-0.4, -0.2) is 80.5 Å². The summed E-state index contributed by atoms with van der Waals surface area (Å²) in [6, 6.07) is 0. The first-order valence-electron chi connectivity index (χ1n) is 7.69. The van der Waals surface area contributed by atoms with Gasteiger partial charge in [-0.1, -0.05) is 20.8 Å². The first-order valence-corrected chi connectivity index (χ1v) is 9.54. The number of nitrogens with zero attached hydrogens (tertiary/aromatic N) is 3. The van der Waals surface area contributed by atoms with E-state index in [1.807, 2.05) is 13.8 Å². The zero-order valence-electron chi connectivity index (χ0n) is 13.7. The summed E-state index contributed by atoms with van der Waals surface area (Å²) in [5.41, 5.74) is 0. The van der Waals surface area contributed by atoms with E-state index in [4.69, 9.17) is 0 Å². The molecule has 0 aliphatic carbocycles. The lowest BCUT2D eigenvalue weighted by Gasteiger charge is -2.35. The molecule has 1 amide bonds. The number of amides is 1. The van der Waals surface area contributed by atoms with Crippen LogP contribution in [0.2, 0.25) is 0 Å². The van der Waals surface area contributed by atoms with Gasteiger partial charge >= 0.3 is 0 Å². The lowest BCUT2D eigenvalue weighted by Crippen LogP contribution is -2.51. The van der Waals surface area contributed by atoms with Crippen LogP contribution >= 0.6 is 0 Å². The molecule has 21 heavy (non-hydrogen) atoms. The molecule has 0 N–H and O–H groups in total. The molecule has 1 rings (SSSR count). The molecule has 0 saturated carbocycles. The Morgan fingerprint density at radius 3 is 2.19 bits per heavy atom. The lowest BCUT2D eigenvalue weighted by molar-refractivity contribution is -0.133. The molecule has 124 valence electrons. The van der Waals surface area contributed by atoms with E-state index >= 15 is 0 Å². The van der Waals surface area contributed by atoms with E-state index in [-0.39, 0.29) is 12.5 Å². The molecule has 0 radical (unpaired) electrons. The van der Waals surface area contributed by atoms with E-state index in [9.17, 15) is 13.2 Å². The minimum atomic E-state index is -3.33. The first kappa shape index (κ1) is 18.4. The molecule has 6 nitrogen and oxygen atoms in total. The molecule has 0 atom stereocenters. The highest BCUT2D eigenvalue weighted by Crippen LogP contribution is 2.08. The molecular formula is C14H29N3O3S. The smallest absolute Gasteiger partial charge is 0.237 e. The van der Waals surface area contributed by atoms with Crippen LogP contribution in [0.15, 0.2) is 0 Å². The van der Waals surface area contributed by atoms with E-state index in [0.29, 0.717) is 25.6 Å². The molecular weight excluding hydrogens is 290 g/mol. The third-order valence-electron chi connectivity index (χ3n) is 3.91. The summed E-state index contributed by atoms with van der Waals surface area (Å²) in [4.78, 5) is 16.4. The van der Waals surface area contributed by atoms with Crippen LogP contribution in [0.5, 0.6) is 0 Å². The summed E-state index contributed by atoms with van der Waals surface area (Å²) in [7, 11) is -3.33. The van der Waals surface area contributed by atoms with Crippen molar-refractivity contribution in [1.82, 2.24) is 14.1 Å². The van der Waals surface area contributed by atoms with Crippen molar-refractivity contribution in [2.45, 2.75) is 27.2 Å². The predicted molar refractivity (Wildman–Crippen MR) is 84.6 cm³/mol. The summed E-state index contributed by atoms with van der Waals surface area (Å²) >= 11 is 0. The van der Waals surface area contributed by atoms with E-state index in [1.54, 1.807) is 4.90 Å². The number of sulfonamides is 1. The highest BCUT2D eigenvalue weighted by Gasteiger charge is 2.25. The molecule has 0 spiro atoms. The highest BCUT2D eigenvalue weighted by molar-refractivity contribution is 7.88. The van der Waals surface area contributed by atoms with Crippen LogP contribution in [0, 0.1) is 5.92 Å². The van der Waals surface area contributed by atoms with Crippen LogP contribution in [0.4, 0.5) is 0 Å². The van der Waals surface area contributed by atoms with Gasteiger partial charge in [-0.05, 0) is 18.9 Å². The fourth-order valence-electron chi connectivity index (χ4n) is 2.33. The summed E-state index contributed by atoms with van der Waals surface area (Å²) in [5, 5.41) is 0. The van der Waals surface area contributed by atoms with Crippen LogP contribution in [0.1, 0.15) is 27.2 Å². The average molecular weight is 319 g/mol.